The molecule has 3 nitrogen and oxygen atoms in total. The number of nitrogens with two attached hydrogens (primary N) is 1. The second-order valence-corrected chi connectivity index (χ2v) is 4.29. The van der Waals surface area contributed by atoms with Gasteiger partial charge in [0, 0.05) is 18.8 Å². The number of nitrogens with zero attached hydrogens (tertiary/aromatic N) is 2. The SMILES string of the molecule is CCCN(c1nccc(C)c1N)C1CC1. The fraction of sp³-hybridized carbons (Fsp3) is 0.583. The van der Waals surface area contributed by atoms with Crippen LogP contribution in [0.4, 0.5) is 11.5 Å². The van der Waals surface area contributed by atoms with Crippen LogP contribution < -0.4 is 10.6 Å². The minimum Gasteiger partial charge on any atom is -0.396 e. The summed E-state index contributed by atoms with van der Waals surface area (Å²) in [5.41, 5.74) is 8.05. The lowest BCUT2D eigenvalue weighted by Crippen LogP contribution is -2.28. The van der Waals surface area contributed by atoms with E-state index in [0.717, 1.165) is 30.0 Å². The van der Waals surface area contributed by atoms with Crippen LogP contribution in [0, 0.1) is 6.92 Å². The van der Waals surface area contributed by atoms with Gasteiger partial charge in [0.2, 0.25) is 0 Å². The first-order chi connectivity index (χ1) is 7.24. The smallest absolute Gasteiger partial charge is 0.152 e. The van der Waals surface area contributed by atoms with Crippen molar-refractivity contribution in [3.05, 3.63) is 17.8 Å². The Morgan fingerprint density at radius 3 is 2.87 bits per heavy atom. The summed E-state index contributed by atoms with van der Waals surface area (Å²) in [5, 5.41) is 0. The molecule has 82 valence electrons. The molecule has 0 amide bonds. The van der Waals surface area contributed by atoms with Gasteiger partial charge in [0.1, 0.15) is 0 Å². The Balaban J connectivity index is 2.28. The summed E-state index contributed by atoms with van der Waals surface area (Å²) in [7, 11) is 0. The Hall–Kier alpha value is -1.25. The summed E-state index contributed by atoms with van der Waals surface area (Å²) in [6.45, 7) is 5.30. The second kappa shape index (κ2) is 4.09. The maximum absolute atomic E-state index is 6.08. The Bertz CT molecular complexity index is 345. The van der Waals surface area contributed by atoms with Crippen molar-refractivity contribution >= 4 is 11.5 Å². The molecule has 1 aromatic rings. The molecule has 1 aromatic heterocycles. The van der Waals surface area contributed by atoms with E-state index in [2.05, 4.69) is 16.8 Å². The number of aromatic nitrogens is 1. The highest BCUT2D eigenvalue weighted by Gasteiger charge is 2.30. The molecule has 1 saturated carbocycles. The van der Waals surface area contributed by atoms with E-state index < -0.39 is 0 Å². The first-order valence-corrected chi connectivity index (χ1v) is 5.71. The molecule has 3 heteroatoms. The zero-order valence-corrected chi connectivity index (χ0v) is 9.53. The van der Waals surface area contributed by atoms with Crippen molar-refractivity contribution in [1.82, 2.24) is 4.98 Å². The average molecular weight is 205 g/mol. The molecule has 0 radical (unpaired) electrons. The van der Waals surface area contributed by atoms with Crippen molar-refractivity contribution in [3.8, 4) is 0 Å². The van der Waals surface area contributed by atoms with E-state index in [1.807, 2.05) is 19.2 Å². The number of hydrogen-bond donors (Lipinski definition) is 1. The number of hydrogen-bond acceptors (Lipinski definition) is 3. The van der Waals surface area contributed by atoms with Gasteiger partial charge in [0.15, 0.2) is 5.82 Å². The molecule has 1 aliphatic carbocycles. The molecule has 15 heavy (non-hydrogen) atoms. The summed E-state index contributed by atoms with van der Waals surface area (Å²) >= 11 is 0. The molecular formula is C12H19N3. The van der Waals surface area contributed by atoms with Gasteiger partial charge in [0.05, 0.1) is 5.69 Å². The minimum atomic E-state index is 0.682. The molecule has 0 aromatic carbocycles. The van der Waals surface area contributed by atoms with E-state index in [9.17, 15) is 0 Å². The molecule has 2 N–H and O–H groups in total. The van der Waals surface area contributed by atoms with E-state index in [4.69, 9.17) is 5.73 Å². The van der Waals surface area contributed by atoms with Crippen LogP contribution in [0.3, 0.4) is 0 Å². The van der Waals surface area contributed by atoms with Gasteiger partial charge in [-0.2, -0.15) is 0 Å². The molecule has 0 bridgehead atoms. The topological polar surface area (TPSA) is 42.2 Å². The predicted octanol–water partition coefficient (Wildman–Crippen LogP) is 2.35. The normalized spacial score (nSPS) is 15.3. The van der Waals surface area contributed by atoms with Gasteiger partial charge in [0.25, 0.3) is 0 Å². The maximum atomic E-state index is 6.08. The van der Waals surface area contributed by atoms with Gasteiger partial charge in [-0.1, -0.05) is 6.92 Å². The summed E-state index contributed by atoms with van der Waals surface area (Å²) in [4.78, 5) is 6.78. The molecule has 0 unspecified atom stereocenters. The van der Waals surface area contributed by atoms with Crippen molar-refractivity contribution in [1.29, 1.82) is 0 Å². The van der Waals surface area contributed by atoms with Crippen LogP contribution in [0.2, 0.25) is 0 Å². The first-order valence-electron chi connectivity index (χ1n) is 5.71. The lowest BCUT2D eigenvalue weighted by molar-refractivity contribution is 0.751. The third-order valence-corrected chi connectivity index (χ3v) is 2.91. The molecule has 1 fully saturated rings. The first kappa shape index (κ1) is 10.3. The van der Waals surface area contributed by atoms with Gasteiger partial charge < -0.3 is 10.6 Å². The summed E-state index contributed by atoms with van der Waals surface area (Å²) < 4.78 is 0. The minimum absolute atomic E-state index is 0.682. The van der Waals surface area contributed by atoms with E-state index in [1.165, 1.54) is 12.8 Å². The van der Waals surface area contributed by atoms with Crippen LogP contribution in [0.1, 0.15) is 31.7 Å². The van der Waals surface area contributed by atoms with Gasteiger partial charge in [-0.3, -0.25) is 0 Å². The van der Waals surface area contributed by atoms with E-state index in [-0.39, 0.29) is 0 Å². The predicted molar refractivity (Wildman–Crippen MR) is 64.0 cm³/mol. The van der Waals surface area contributed by atoms with Crippen molar-refractivity contribution in [3.63, 3.8) is 0 Å². The van der Waals surface area contributed by atoms with Crippen LogP contribution >= 0.6 is 0 Å². The molecule has 0 spiro atoms. The van der Waals surface area contributed by atoms with Gasteiger partial charge in [-0.05, 0) is 37.8 Å². The highest BCUT2D eigenvalue weighted by molar-refractivity contribution is 5.67. The van der Waals surface area contributed by atoms with E-state index in [0.29, 0.717) is 6.04 Å². The zero-order valence-electron chi connectivity index (χ0n) is 9.53. The number of nitrogen functional groups attached to an aromatic ring is 1. The number of anilines is 2. The summed E-state index contributed by atoms with van der Waals surface area (Å²) in [5.74, 6) is 0.986. The number of aryl methyl sites for hydroxylation is 1. The Labute approximate surface area is 91.3 Å². The van der Waals surface area contributed by atoms with E-state index >= 15 is 0 Å². The van der Waals surface area contributed by atoms with Gasteiger partial charge >= 0.3 is 0 Å². The molecule has 0 aliphatic heterocycles. The van der Waals surface area contributed by atoms with Crippen molar-refractivity contribution in [2.45, 2.75) is 39.2 Å². The molecule has 0 saturated heterocycles. The van der Waals surface area contributed by atoms with Crippen molar-refractivity contribution in [2.24, 2.45) is 0 Å². The Morgan fingerprint density at radius 1 is 1.53 bits per heavy atom. The van der Waals surface area contributed by atoms with E-state index in [1.54, 1.807) is 0 Å². The molecule has 2 rings (SSSR count). The highest BCUT2D eigenvalue weighted by Crippen LogP contribution is 2.34. The second-order valence-electron chi connectivity index (χ2n) is 4.29. The maximum Gasteiger partial charge on any atom is 0.152 e. The standard InChI is InChI=1S/C12H19N3/c1-3-8-15(10-4-5-10)12-11(13)9(2)6-7-14-12/h6-7,10H,3-5,8,13H2,1-2H3. The lowest BCUT2D eigenvalue weighted by atomic mass is 10.2. The molecular weight excluding hydrogens is 186 g/mol. The largest absolute Gasteiger partial charge is 0.396 e. The van der Waals surface area contributed by atoms with Crippen LogP contribution in [-0.4, -0.2) is 17.6 Å². The molecule has 1 heterocycles. The van der Waals surface area contributed by atoms with Crippen molar-refractivity contribution < 1.29 is 0 Å². The van der Waals surface area contributed by atoms with Crippen molar-refractivity contribution in [2.75, 3.05) is 17.2 Å². The van der Waals surface area contributed by atoms with Crippen LogP contribution in [0.5, 0.6) is 0 Å². The Kier molecular flexibility index (Phi) is 2.80. The van der Waals surface area contributed by atoms with Crippen LogP contribution in [0.15, 0.2) is 12.3 Å². The fourth-order valence-corrected chi connectivity index (χ4v) is 1.87. The third kappa shape index (κ3) is 2.06. The molecule has 0 atom stereocenters. The highest BCUT2D eigenvalue weighted by atomic mass is 15.2. The average Bonchev–Trinajstić information content (AvgIpc) is 3.03. The van der Waals surface area contributed by atoms with Crippen LogP contribution in [-0.2, 0) is 0 Å². The third-order valence-electron chi connectivity index (χ3n) is 2.91. The number of pyridine rings is 1. The number of rotatable bonds is 4. The Morgan fingerprint density at radius 2 is 2.27 bits per heavy atom. The van der Waals surface area contributed by atoms with Crippen LogP contribution in [0.25, 0.3) is 0 Å². The monoisotopic (exact) mass is 205 g/mol. The quantitative estimate of drug-likeness (QED) is 0.820. The molecule has 1 aliphatic rings. The van der Waals surface area contributed by atoms with Gasteiger partial charge in [-0.15, -0.1) is 0 Å². The lowest BCUT2D eigenvalue weighted by Gasteiger charge is -2.24. The summed E-state index contributed by atoms with van der Waals surface area (Å²) in [6, 6.07) is 2.65. The summed E-state index contributed by atoms with van der Waals surface area (Å²) in [6.07, 6.45) is 5.57. The van der Waals surface area contributed by atoms with Gasteiger partial charge in [-0.25, -0.2) is 4.98 Å². The zero-order chi connectivity index (χ0) is 10.8. The fourth-order valence-electron chi connectivity index (χ4n) is 1.87.